The molecule has 0 unspecified atom stereocenters. The molecule has 0 atom stereocenters. The highest BCUT2D eigenvalue weighted by molar-refractivity contribution is 7.90. The number of nitrogens with zero attached hydrogens (tertiary/aromatic N) is 3. The SMILES string of the molecule is CC(C)n1c(CN(CC2CC2)C(=O)c2cccc(F)c2)cnc1S(=O)(=O)Cc1ccc(F)cc1. The van der Waals surface area contributed by atoms with E-state index in [0.717, 1.165) is 12.8 Å². The van der Waals surface area contributed by atoms with E-state index in [1.807, 2.05) is 13.8 Å². The van der Waals surface area contributed by atoms with Gasteiger partial charge in [0.2, 0.25) is 15.0 Å². The smallest absolute Gasteiger partial charge is 0.254 e. The van der Waals surface area contributed by atoms with Gasteiger partial charge in [0.25, 0.3) is 5.91 Å². The van der Waals surface area contributed by atoms with Crippen molar-refractivity contribution >= 4 is 15.7 Å². The fourth-order valence-electron chi connectivity index (χ4n) is 3.97. The summed E-state index contributed by atoms with van der Waals surface area (Å²) in [5.41, 5.74) is 1.29. The van der Waals surface area contributed by atoms with E-state index in [4.69, 9.17) is 0 Å². The third kappa shape index (κ3) is 5.52. The van der Waals surface area contributed by atoms with Crippen LogP contribution in [0.1, 0.15) is 54.3 Å². The molecule has 4 rings (SSSR count). The average molecular weight is 488 g/mol. The molecule has 0 N–H and O–H groups in total. The van der Waals surface area contributed by atoms with E-state index >= 15 is 0 Å². The van der Waals surface area contributed by atoms with Crippen molar-refractivity contribution in [3.63, 3.8) is 0 Å². The molecule has 1 fully saturated rings. The fourth-order valence-corrected chi connectivity index (χ4v) is 5.57. The van der Waals surface area contributed by atoms with Gasteiger partial charge in [-0.25, -0.2) is 22.2 Å². The average Bonchev–Trinajstić information content (AvgIpc) is 3.49. The standard InChI is InChI=1S/C25H27F2N3O3S/c1-17(2)30-23(13-28-25(30)34(32,33)16-19-8-10-21(26)11-9-19)15-29(14-18-6-7-18)24(31)20-4-3-5-22(27)12-20/h3-5,8-13,17-18H,6-7,14-16H2,1-2H3. The second-order valence-electron chi connectivity index (χ2n) is 9.02. The zero-order valence-corrected chi connectivity index (χ0v) is 19.9. The molecule has 1 aromatic heterocycles. The second-order valence-corrected chi connectivity index (χ2v) is 10.9. The Bertz CT molecular complexity index is 1280. The van der Waals surface area contributed by atoms with Crippen molar-refractivity contribution < 1.29 is 22.0 Å². The third-order valence-electron chi connectivity index (χ3n) is 5.79. The third-order valence-corrected chi connectivity index (χ3v) is 7.36. The topological polar surface area (TPSA) is 72.3 Å². The molecule has 0 spiro atoms. The molecule has 9 heteroatoms. The minimum absolute atomic E-state index is 0.0913. The lowest BCUT2D eigenvalue weighted by Crippen LogP contribution is -2.33. The molecule has 3 aromatic rings. The van der Waals surface area contributed by atoms with E-state index in [1.165, 1.54) is 48.7 Å². The molecular formula is C25H27F2N3O3S. The van der Waals surface area contributed by atoms with Gasteiger partial charge in [0, 0.05) is 18.2 Å². The zero-order valence-electron chi connectivity index (χ0n) is 19.1. The van der Waals surface area contributed by atoms with Crippen LogP contribution in [0.15, 0.2) is 59.9 Å². The summed E-state index contributed by atoms with van der Waals surface area (Å²) in [6.07, 6.45) is 3.53. The van der Waals surface area contributed by atoms with E-state index in [2.05, 4.69) is 4.98 Å². The summed E-state index contributed by atoms with van der Waals surface area (Å²) in [5.74, 6) is -1.16. The van der Waals surface area contributed by atoms with Crippen LogP contribution >= 0.6 is 0 Å². The molecule has 1 amide bonds. The monoisotopic (exact) mass is 487 g/mol. The first-order valence-corrected chi connectivity index (χ1v) is 12.9. The summed E-state index contributed by atoms with van der Waals surface area (Å²) in [7, 11) is -3.83. The lowest BCUT2D eigenvalue weighted by atomic mass is 10.1. The molecule has 6 nitrogen and oxygen atoms in total. The van der Waals surface area contributed by atoms with Crippen LogP contribution in [0.5, 0.6) is 0 Å². The van der Waals surface area contributed by atoms with E-state index in [-0.39, 0.29) is 35.0 Å². The van der Waals surface area contributed by atoms with Gasteiger partial charge in [-0.1, -0.05) is 18.2 Å². The lowest BCUT2D eigenvalue weighted by Gasteiger charge is -2.25. The maximum Gasteiger partial charge on any atom is 0.254 e. The molecular weight excluding hydrogens is 460 g/mol. The first-order chi connectivity index (χ1) is 16.1. The van der Waals surface area contributed by atoms with Crippen molar-refractivity contribution in [3.05, 3.63) is 83.2 Å². The Morgan fingerprint density at radius 1 is 1.12 bits per heavy atom. The summed E-state index contributed by atoms with van der Waals surface area (Å²) in [6.45, 7) is 4.36. The van der Waals surface area contributed by atoms with E-state index in [9.17, 15) is 22.0 Å². The Morgan fingerprint density at radius 2 is 1.82 bits per heavy atom. The predicted octanol–water partition coefficient (Wildman–Crippen LogP) is 4.77. The Kier molecular flexibility index (Phi) is 6.84. The highest BCUT2D eigenvalue weighted by Crippen LogP contribution is 2.31. The van der Waals surface area contributed by atoms with Gasteiger partial charge in [-0.15, -0.1) is 0 Å². The molecule has 0 aliphatic heterocycles. The maximum absolute atomic E-state index is 13.7. The van der Waals surface area contributed by atoms with Crippen molar-refractivity contribution in [1.29, 1.82) is 0 Å². The number of sulfone groups is 1. The van der Waals surface area contributed by atoms with Crippen LogP contribution in [0.2, 0.25) is 0 Å². The molecule has 1 aliphatic carbocycles. The number of aromatic nitrogens is 2. The summed E-state index contributed by atoms with van der Waals surface area (Å²) in [4.78, 5) is 19.1. The van der Waals surface area contributed by atoms with Crippen molar-refractivity contribution in [2.75, 3.05) is 6.54 Å². The second kappa shape index (κ2) is 9.66. The maximum atomic E-state index is 13.7. The normalized spacial score (nSPS) is 13.9. The summed E-state index contributed by atoms with van der Waals surface area (Å²) >= 11 is 0. The number of imidazole rings is 1. The lowest BCUT2D eigenvalue weighted by molar-refractivity contribution is 0.0729. The van der Waals surface area contributed by atoms with Crippen LogP contribution in [0.25, 0.3) is 0 Å². The number of halogens is 2. The predicted molar refractivity (Wildman–Crippen MR) is 124 cm³/mol. The zero-order chi connectivity index (χ0) is 24.5. The van der Waals surface area contributed by atoms with Crippen molar-refractivity contribution in [2.45, 2.75) is 50.2 Å². The van der Waals surface area contributed by atoms with Gasteiger partial charge in [0.1, 0.15) is 11.6 Å². The minimum Gasteiger partial charge on any atom is -0.332 e. The highest BCUT2D eigenvalue weighted by Gasteiger charge is 2.30. The number of hydrogen-bond acceptors (Lipinski definition) is 4. The molecule has 34 heavy (non-hydrogen) atoms. The first-order valence-electron chi connectivity index (χ1n) is 11.2. The molecule has 1 heterocycles. The summed E-state index contributed by atoms with van der Waals surface area (Å²) < 4.78 is 55.0. The first kappa shape index (κ1) is 24.1. The van der Waals surface area contributed by atoms with Gasteiger partial charge >= 0.3 is 0 Å². The van der Waals surface area contributed by atoms with Gasteiger partial charge < -0.3 is 9.47 Å². The Labute approximate surface area is 198 Å². The van der Waals surface area contributed by atoms with Crippen molar-refractivity contribution in [3.8, 4) is 0 Å². The fraction of sp³-hybridized carbons (Fsp3) is 0.360. The van der Waals surface area contributed by atoms with Crippen LogP contribution in [0.4, 0.5) is 8.78 Å². The number of amides is 1. The number of carbonyl (C=O) groups excluding carboxylic acids is 1. The van der Waals surface area contributed by atoms with Crippen LogP contribution < -0.4 is 0 Å². The molecule has 0 saturated heterocycles. The van der Waals surface area contributed by atoms with Crippen LogP contribution in [0.3, 0.4) is 0 Å². The minimum atomic E-state index is -3.83. The van der Waals surface area contributed by atoms with Crippen LogP contribution in [0, 0.1) is 17.6 Å². The van der Waals surface area contributed by atoms with Gasteiger partial charge in [0.05, 0.1) is 24.2 Å². The van der Waals surface area contributed by atoms with E-state index in [0.29, 0.717) is 23.7 Å². The molecule has 1 aliphatic rings. The Balaban J connectivity index is 1.64. The Hall–Kier alpha value is -3.07. The van der Waals surface area contributed by atoms with Gasteiger partial charge in [-0.05, 0) is 68.5 Å². The number of carbonyl (C=O) groups is 1. The summed E-state index contributed by atoms with van der Waals surface area (Å²) in [6, 6.07) is 10.6. The van der Waals surface area contributed by atoms with Crippen molar-refractivity contribution in [1.82, 2.24) is 14.5 Å². The van der Waals surface area contributed by atoms with E-state index in [1.54, 1.807) is 15.5 Å². The molecule has 0 radical (unpaired) electrons. The van der Waals surface area contributed by atoms with Gasteiger partial charge in [0.15, 0.2) is 0 Å². The largest absolute Gasteiger partial charge is 0.332 e. The highest BCUT2D eigenvalue weighted by atomic mass is 32.2. The quantitative estimate of drug-likeness (QED) is 0.436. The van der Waals surface area contributed by atoms with Crippen LogP contribution in [-0.4, -0.2) is 35.3 Å². The van der Waals surface area contributed by atoms with Gasteiger partial charge in [-0.2, -0.15) is 0 Å². The molecule has 1 saturated carbocycles. The number of hydrogen-bond donors (Lipinski definition) is 0. The Morgan fingerprint density at radius 3 is 2.44 bits per heavy atom. The number of rotatable bonds is 9. The van der Waals surface area contributed by atoms with Crippen LogP contribution in [-0.2, 0) is 22.1 Å². The molecule has 2 aromatic carbocycles. The molecule has 180 valence electrons. The number of benzene rings is 2. The van der Waals surface area contributed by atoms with Gasteiger partial charge in [-0.3, -0.25) is 4.79 Å². The van der Waals surface area contributed by atoms with E-state index < -0.39 is 21.5 Å². The summed E-state index contributed by atoms with van der Waals surface area (Å²) in [5, 5.41) is -0.0913. The molecule has 0 bridgehead atoms. The van der Waals surface area contributed by atoms with Crippen molar-refractivity contribution in [2.24, 2.45) is 5.92 Å².